The van der Waals surface area contributed by atoms with Gasteiger partial charge in [-0.3, -0.25) is 14.4 Å². The minimum atomic E-state index is -0.786. The lowest BCUT2D eigenvalue weighted by molar-refractivity contribution is -0.167. The molecule has 0 aromatic heterocycles. The van der Waals surface area contributed by atoms with Crippen molar-refractivity contribution < 1.29 is 28.6 Å². The molecule has 6 nitrogen and oxygen atoms in total. The first-order valence-corrected chi connectivity index (χ1v) is 28.5. The molecule has 0 heterocycles. The number of esters is 3. The minimum Gasteiger partial charge on any atom is -0.462 e. The Hall–Kier alpha value is -3.15. The lowest BCUT2D eigenvalue weighted by Gasteiger charge is -2.18. The fourth-order valence-corrected chi connectivity index (χ4v) is 7.94. The molecule has 0 bridgehead atoms. The molecule has 0 rings (SSSR count). The third-order valence-electron chi connectivity index (χ3n) is 12.2. The molecule has 0 aromatic carbocycles. The van der Waals surface area contributed by atoms with Crippen molar-refractivity contribution in [3.8, 4) is 0 Å². The van der Waals surface area contributed by atoms with Crippen molar-refractivity contribution in [2.45, 2.75) is 284 Å². The Morgan fingerprint density at radius 1 is 0.328 bits per heavy atom. The number of carbonyl (C=O) groups is 3. The molecular formula is C61H106O6. The molecule has 0 aromatic rings. The second-order valence-corrected chi connectivity index (χ2v) is 18.9. The molecule has 1 atom stereocenters. The molecule has 386 valence electrons. The van der Waals surface area contributed by atoms with E-state index in [4.69, 9.17) is 14.2 Å². The molecule has 0 saturated carbocycles. The molecule has 1 unspecified atom stereocenters. The van der Waals surface area contributed by atoms with E-state index >= 15 is 0 Å². The van der Waals surface area contributed by atoms with Gasteiger partial charge in [0.15, 0.2) is 6.10 Å². The highest BCUT2D eigenvalue weighted by Crippen LogP contribution is 2.15. The summed E-state index contributed by atoms with van der Waals surface area (Å²) in [4.78, 5) is 38.2. The van der Waals surface area contributed by atoms with Crippen LogP contribution in [0.3, 0.4) is 0 Å². The number of allylic oxidation sites excluding steroid dienone is 12. The van der Waals surface area contributed by atoms with Crippen LogP contribution in [0.4, 0.5) is 0 Å². The van der Waals surface area contributed by atoms with Crippen LogP contribution in [-0.2, 0) is 28.6 Å². The zero-order valence-electron chi connectivity index (χ0n) is 44.2. The van der Waals surface area contributed by atoms with E-state index in [2.05, 4.69) is 93.7 Å². The fourth-order valence-electron chi connectivity index (χ4n) is 7.94. The minimum absolute atomic E-state index is 0.0847. The van der Waals surface area contributed by atoms with Crippen molar-refractivity contribution in [3.05, 3.63) is 72.9 Å². The smallest absolute Gasteiger partial charge is 0.306 e. The number of rotatable bonds is 51. The molecule has 0 N–H and O–H groups in total. The van der Waals surface area contributed by atoms with Crippen molar-refractivity contribution in [1.29, 1.82) is 0 Å². The maximum atomic E-state index is 12.9. The predicted octanol–water partition coefficient (Wildman–Crippen LogP) is 19.0. The molecule has 0 amide bonds. The Labute approximate surface area is 414 Å². The third-order valence-corrected chi connectivity index (χ3v) is 12.2. The summed E-state index contributed by atoms with van der Waals surface area (Å²) in [6.07, 6.45) is 70.2. The molecule has 0 fully saturated rings. The van der Waals surface area contributed by atoms with Crippen LogP contribution in [0.2, 0.25) is 0 Å². The Morgan fingerprint density at radius 2 is 0.642 bits per heavy atom. The summed E-state index contributed by atoms with van der Waals surface area (Å²) in [6.45, 7) is 6.48. The predicted molar refractivity (Wildman–Crippen MR) is 288 cm³/mol. The van der Waals surface area contributed by atoms with Gasteiger partial charge in [0.25, 0.3) is 0 Å². The molecule has 0 aliphatic heterocycles. The number of carbonyl (C=O) groups excluding carboxylic acids is 3. The maximum Gasteiger partial charge on any atom is 0.306 e. The first kappa shape index (κ1) is 63.8. The molecule has 0 saturated heterocycles. The van der Waals surface area contributed by atoms with Crippen molar-refractivity contribution in [2.24, 2.45) is 0 Å². The number of unbranched alkanes of at least 4 members (excludes halogenated alkanes) is 30. The van der Waals surface area contributed by atoms with E-state index in [9.17, 15) is 14.4 Å². The van der Waals surface area contributed by atoms with Crippen molar-refractivity contribution in [1.82, 2.24) is 0 Å². The molecule has 0 aliphatic rings. The Morgan fingerprint density at radius 3 is 1.06 bits per heavy atom. The number of hydrogen-bond acceptors (Lipinski definition) is 6. The van der Waals surface area contributed by atoms with Gasteiger partial charge in [-0.25, -0.2) is 0 Å². The van der Waals surface area contributed by atoms with Gasteiger partial charge in [-0.1, -0.05) is 235 Å². The van der Waals surface area contributed by atoms with Crippen LogP contribution in [0.25, 0.3) is 0 Å². The van der Waals surface area contributed by atoms with Crippen molar-refractivity contribution >= 4 is 17.9 Å². The van der Waals surface area contributed by atoms with E-state index in [1.165, 1.54) is 154 Å². The van der Waals surface area contributed by atoms with Gasteiger partial charge in [-0.15, -0.1) is 0 Å². The highest BCUT2D eigenvalue weighted by Gasteiger charge is 2.19. The van der Waals surface area contributed by atoms with Gasteiger partial charge in [0, 0.05) is 19.3 Å². The highest BCUT2D eigenvalue weighted by atomic mass is 16.6. The molecule has 67 heavy (non-hydrogen) atoms. The van der Waals surface area contributed by atoms with Gasteiger partial charge >= 0.3 is 17.9 Å². The van der Waals surface area contributed by atoms with E-state index in [0.29, 0.717) is 19.3 Å². The maximum absolute atomic E-state index is 12.9. The van der Waals surface area contributed by atoms with Crippen LogP contribution in [0, 0.1) is 0 Å². The van der Waals surface area contributed by atoms with Crippen molar-refractivity contribution in [2.75, 3.05) is 13.2 Å². The first-order valence-electron chi connectivity index (χ1n) is 28.5. The van der Waals surface area contributed by atoms with Gasteiger partial charge in [-0.05, 0) is 96.3 Å². The second kappa shape index (κ2) is 55.4. The third kappa shape index (κ3) is 53.7. The second-order valence-electron chi connectivity index (χ2n) is 18.9. The van der Waals surface area contributed by atoms with Crippen LogP contribution in [0.5, 0.6) is 0 Å². The first-order chi connectivity index (χ1) is 33.0. The SMILES string of the molecule is CC\C=C/C=C\C=C/CCCCCCCCCC(=O)OCC(COC(=O)CCCCCCCCC/C=C\C/C=C\CCCCC)OC(=O)CCCCCCCCC/C=C\CCCCCCCC. The van der Waals surface area contributed by atoms with E-state index in [0.717, 1.165) is 83.5 Å². The molecular weight excluding hydrogens is 829 g/mol. The van der Waals surface area contributed by atoms with Crippen LogP contribution >= 0.6 is 0 Å². The quantitative estimate of drug-likeness (QED) is 0.0199. The summed E-state index contributed by atoms with van der Waals surface area (Å²) in [5.41, 5.74) is 0. The van der Waals surface area contributed by atoms with Gasteiger partial charge in [0.1, 0.15) is 13.2 Å². The van der Waals surface area contributed by atoms with Crippen molar-refractivity contribution in [3.63, 3.8) is 0 Å². The largest absolute Gasteiger partial charge is 0.462 e. The normalized spacial score (nSPS) is 12.6. The van der Waals surface area contributed by atoms with Gasteiger partial charge < -0.3 is 14.2 Å². The topological polar surface area (TPSA) is 78.9 Å². The summed E-state index contributed by atoms with van der Waals surface area (Å²) in [6, 6.07) is 0. The van der Waals surface area contributed by atoms with Gasteiger partial charge in [-0.2, -0.15) is 0 Å². The van der Waals surface area contributed by atoms with E-state index in [1.807, 2.05) is 0 Å². The van der Waals surface area contributed by atoms with E-state index in [1.54, 1.807) is 0 Å². The highest BCUT2D eigenvalue weighted by molar-refractivity contribution is 5.71. The zero-order valence-corrected chi connectivity index (χ0v) is 44.2. The van der Waals surface area contributed by atoms with Crippen LogP contribution < -0.4 is 0 Å². The van der Waals surface area contributed by atoms with E-state index in [-0.39, 0.29) is 31.1 Å². The molecule has 6 heteroatoms. The number of hydrogen-bond donors (Lipinski definition) is 0. The molecule has 0 radical (unpaired) electrons. The average molecular weight is 936 g/mol. The van der Waals surface area contributed by atoms with Crippen LogP contribution in [-0.4, -0.2) is 37.2 Å². The fraction of sp³-hybridized carbons (Fsp3) is 0.754. The van der Waals surface area contributed by atoms with E-state index < -0.39 is 6.10 Å². The van der Waals surface area contributed by atoms with Gasteiger partial charge in [0.2, 0.25) is 0 Å². The summed E-state index contributed by atoms with van der Waals surface area (Å²) in [5, 5.41) is 0. The van der Waals surface area contributed by atoms with Crippen LogP contribution in [0.1, 0.15) is 278 Å². The monoisotopic (exact) mass is 935 g/mol. The Bertz CT molecular complexity index is 1260. The average Bonchev–Trinajstić information content (AvgIpc) is 3.33. The Balaban J connectivity index is 4.41. The summed E-state index contributed by atoms with van der Waals surface area (Å²) in [7, 11) is 0. The van der Waals surface area contributed by atoms with Crippen LogP contribution in [0.15, 0.2) is 72.9 Å². The molecule has 0 aliphatic carbocycles. The zero-order chi connectivity index (χ0) is 48.6. The number of ether oxygens (including phenoxy) is 3. The molecule has 0 spiro atoms. The summed E-state index contributed by atoms with van der Waals surface area (Å²) in [5.74, 6) is -0.901. The standard InChI is InChI=1S/C61H106O6/c1-4-7-10-13-16-19-22-25-28-30-33-36-39-42-45-48-51-54-60(63)66-57-58(56-65-59(62)53-50-47-44-41-38-35-32-27-24-21-18-15-12-9-6-3)67-61(64)55-52-49-46-43-40-37-34-31-29-26-23-20-17-14-11-8-5-2/h9,12,15-16,18-19,21,24-26,28-29,58H,4-8,10-11,13-14,17,20,22-23,27,30-57H2,1-3H3/b12-9-,18-15-,19-16-,24-21-,28-25-,29-26-. The van der Waals surface area contributed by atoms with Gasteiger partial charge in [0.05, 0.1) is 0 Å². The lowest BCUT2D eigenvalue weighted by atomic mass is 10.1. The Kier molecular flexibility index (Phi) is 52.8. The lowest BCUT2D eigenvalue weighted by Crippen LogP contribution is -2.30. The summed E-state index contributed by atoms with van der Waals surface area (Å²) < 4.78 is 16.9. The summed E-state index contributed by atoms with van der Waals surface area (Å²) >= 11 is 0.